The zero-order valence-electron chi connectivity index (χ0n) is 26.2. The fourth-order valence-electron chi connectivity index (χ4n) is 8.34. The smallest absolute Gasteiger partial charge is 0.338 e. The summed E-state index contributed by atoms with van der Waals surface area (Å²) in [6.45, 7) is 8.06. The van der Waals surface area contributed by atoms with Crippen molar-refractivity contribution >= 4 is 11.9 Å². The maximum Gasteiger partial charge on any atom is 0.338 e. The lowest BCUT2D eigenvalue weighted by atomic mass is 9.53. The molecule has 46 heavy (non-hydrogen) atoms. The number of carbonyl (C=O) groups excluding carboxylic acids is 2. The summed E-state index contributed by atoms with van der Waals surface area (Å²) in [7, 11) is 0. The molecule has 0 radical (unpaired) electrons. The molecule has 3 aliphatic rings. The van der Waals surface area contributed by atoms with Crippen molar-refractivity contribution in [3.05, 3.63) is 83.9 Å². The summed E-state index contributed by atoms with van der Waals surface area (Å²) in [6.07, 6.45) is -8.79. The second-order valence-electron chi connectivity index (χ2n) is 13.6. The van der Waals surface area contributed by atoms with Gasteiger partial charge in [0.15, 0.2) is 0 Å². The summed E-state index contributed by atoms with van der Waals surface area (Å²) in [5.74, 6) is -6.35. The molecule has 0 heterocycles. The van der Waals surface area contributed by atoms with E-state index in [0.717, 1.165) is 0 Å². The number of aliphatic hydroxyl groups excluding tert-OH is 3. The summed E-state index contributed by atoms with van der Waals surface area (Å²) in [4.78, 5) is 26.2. The number of fused-ring (bicyclic) bond motifs is 3. The molecule has 3 fully saturated rings. The van der Waals surface area contributed by atoms with Crippen LogP contribution in [0, 0.1) is 23.7 Å². The van der Waals surface area contributed by atoms with Gasteiger partial charge in [-0.1, -0.05) is 56.8 Å². The Balaban J connectivity index is 1.63. The molecule has 0 aromatic heterocycles. The minimum Gasteiger partial charge on any atom is -0.462 e. The maximum atomic E-state index is 13.5. The quantitative estimate of drug-likeness (QED) is 0.171. The van der Waals surface area contributed by atoms with E-state index in [1.54, 1.807) is 50.2 Å². The predicted molar refractivity (Wildman–Crippen MR) is 164 cm³/mol. The van der Waals surface area contributed by atoms with Crippen molar-refractivity contribution in [1.29, 1.82) is 0 Å². The highest BCUT2D eigenvalue weighted by atomic mass is 16.6. The first kappa shape index (κ1) is 34.2. The molecule has 3 saturated carbocycles. The van der Waals surface area contributed by atoms with Crippen molar-refractivity contribution in [1.82, 2.24) is 0 Å². The molecule has 0 spiro atoms. The first-order valence-corrected chi connectivity index (χ1v) is 15.6. The van der Waals surface area contributed by atoms with Crippen LogP contribution in [-0.2, 0) is 9.47 Å². The topological polar surface area (TPSA) is 194 Å². The summed E-state index contributed by atoms with van der Waals surface area (Å²) < 4.78 is 11.3. The molecule has 0 aliphatic heterocycles. The Morgan fingerprint density at radius 1 is 0.848 bits per heavy atom. The molecule has 11 nitrogen and oxygen atoms in total. The lowest BCUT2D eigenvalue weighted by Gasteiger charge is -2.58. The number of carbonyl (C=O) groups is 2. The van der Waals surface area contributed by atoms with Crippen molar-refractivity contribution in [2.75, 3.05) is 6.61 Å². The van der Waals surface area contributed by atoms with E-state index >= 15 is 0 Å². The van der Waals surface area contributed by atoms with Gasteiger partial charge in [-0.2, -0.15) is 0 Å². The molecule has 0 bridgehead atoms. The van der Waals surface area contributed by atoms with E-state index in [9.17, 15) is 45.3 Å². The molecular formula is C35H44O11. The summed E-state index contributed by atoms with van der Waals surface area (Å²) in [6, 6.07) is 15.9. The summed E-state index contributed by atoms with van der Waals surface area (Å²) >= 11 is 0. The van der Waals surface area contributed by atoms with Crippen LogP contribution in [0.3, 0.4) is 0 Å². The molecule has 0 amide bonds. The Kier molecular flexibility index (Phi) is 9.02. The number of hydrogen-bond donors (Lipinski definition) is 7. The molecule has 12 atom stereocenters. The molecule has 0 saturated heterocycles. The van der Waals surface area contributed by atoms with Crippen LogP contribution in [0.5, 0.6) is 0 Å². The van der Waals surface area contributed by atoms with Crippen LogP contribution in [0.25, 0.3) is 0 Å². The normalized spacial score (nSPS) is 41.9. The molecular weight excluding hydrogens is 596 g/mol. The van der Waals surface area contributed by atoms with Crippen molar-refractivity contribution in [2.24, 2.45) is 23.7 Å². The highest BCUT2D eigenvalue weighted by Crippen LogP contribution is 2.62. The Bertz CT molecular complexity index is 1450. The van der Waals surface area contributed by atoms with Gasteiger partial charge in [0.25, 0.3) is 0 Å². The van der Waals surface area contributed by atoms with E-state index in [2.05, 4.69) is 6.58 Å². The number of ether oxygens (including phenoxy) is 2. The highest BCUT2D eigenvalue weighted by Gasteiger charge is 2.78. The van der Waals surface area contributed by atoms with Crippen LogP contribution < -0.4 is 0 Å². The monoisotopic (exact) mass is 640 g/mol. The van der Waals surface area contributed by atoms with Gasteiger partial charge in [-0.3, -0.25) is 0 Å². The van der Waals surface area contributed by atoms with Crippen LogP contribution in [0.15, 0.2) is 72.8 Å². The average Bonchev–Trinajstić information content (AvgIpc) is 3.26. The van der Waals surface area contributed by atoms with E-state index < -0.39 is 95.5 Å². The molecule has 250 valence electrons. The van der Waals surface area contributed by atoms with Crippen LogP contribution in [0.1, 0.15) is 60.7 Å². The van der Waals surface area contributed by atoms with Gasteiger partial charge in [0.1, 0.15) is 29.0 Å². The molecule has 2 aromatic rings. The van der Waals surface area contributed by atoms with Crippen molar-refractivity contribution in [3.8, 4) is 0 Å². The highest BCUT2D eigenvalue weighted by molar-refractivity contribution is 5.90. The van der Waals surface area contributed by atoms with Gasteiger partial charge in [-0.15, -0.1) is 0 Å². The Morgan fingerprint density at radius 2 is 1.39 bits per heavy atom. The van der Waals surface area contributed by atoms with Gasteiger partial charge in [0.2, 0.25) is 0 Å². The van der Waals surface area contributed by atoms with Crippen LogP contribution in [0.4, 0.5) is 0 Å². The third-order valence-corrected chi connectivity index (χ3v) is 11.0. The van der Waals surface area contributed by atoms with E-state index in [1.807, 2.05) is 0 Å². The fourth-order valence-corrected chi connectivity index (χ4v) is 8.34. The maximum absolute atomic E-state index is 13.5. The summed E-state index contributed by atoms with van der Waals surface area (Å²) in [5.41, 5.74) is -9.09. The van der Waals surface area contributed by atoms with E-state index in [1.165, 1.54) is 31.2 Å². The third kappa shape index (κ3) is 5.09. The molecule has 3 aliphatic carbocycles. The first-order chi connectivity index (χ1) is 21.5. The van der Waals surface area contributed by atoms with E-state index in [-0.39, 0.29) is 29.5 Å². The number of aliphatic hydroxyl groups is 7. The van der Waals surface area contributed by atoms with Crippen LogP contribution >= 0.6 is 0 Å². The lowest BCUT2D eigenvalue weighted by Crippen LogP contribution is -2.71. The Hall–Kier alpha value is -3.16. The Labute approximate surface area is 267 Å². The zero-order chi connectivity index (χ0) is 33.8. The van der Waals surface area contributed by atoms with Crippen LogP contribution in [0.2, 0.25) is 0 Å². The lowest BCUT2D eigenvalue weighted by molar-refractivity contribution is -0.265. The number of benzene rings is 2. The van der Waals surface area contributed by atoms with Gasteiger partial charge >= 0.3 is 11.9 Å². The first-order valence-electron chi connectivity index (χ1n) is 15.6. The Morgan fingerprint density at radius 3 is 1.93 bits per heavy atom. The largest absolute Gasteiger partial charge is 0.462 e. The number of rotatable bonds is 7. The molecule has 7 N–H and O–H groups in total. The van der Waals surface area contributed by atoms with Gasteiger partial charge in [-0.05, 0) is 61.4 Å². The predicted octanol–water partition coefficient (Wildman–Crippen LogP) is 1.37. The number of esters is 2. The van der Waals surface area contributed by atoms with Crippen molar-refractivity contribution in [2.45, 2.75) is 86.9 Å². The van der Waals surface area contributed by atoms with Gasteiger partial charge in [0.05, 0.1) is 41.5 Å². The van der Waals surface area contributed by atoms with Crippen LogP contribution in [-0.4, -0.2) is 101 Å². The number of hydrogen-bond acceptors (Lipinski definition) is 11. The second-order valence-corrected chi connectivity index (χ2v) is 13.6. The van der Waals surface area contributed by atoms with Crippen molar-refractivity contribution < 1.29 is 54.8 Å². The minimum atomic E-state index is -2.76. The molecule has 2 unspecified atom stereocenters. The van der Waals surface area contributed by atoms with Crippen molar-refractivity contribution in [3.63, 3.8) is 0 Å². The third-order valence-electron chi connectivity index (χ3n) is 11.0. The zero-order valence-corrected chi connectivity index (χ0v) is 26.2. The fraction of sp³-hybridized carbons (Fsp3) is 0.543. The van der Waals surface area contributed by atoms with Gasteiger partial charge < -0.3 is 45.2 Å². The molecule has 2 aromatic carbocycles. The average molecular weight is 641 g/mol. The second kappa shape index (κ2) is 12.1. The SMILES string of the molecule is C=C(C)[C@]1(O)C[C@@H](C)[C@@]2(O)C([C@H]1OC(=O)c1ccccc1)[C@H](O)[C@@](O)(CCOC(=O)c1ccccc1)[C@@H](O)[C@@]1(O)C2C[C@H](C)[C@@H]1O. The minimum absolute atomic E-state index is 0.0390. The molecule has 11 heteroatoms. The van der Waals surface area contributed by atoms with Gasteiger partial charge in [-0.25, -0.2) is 9.59 Å². The molecule has 5 rings (SSSR count). The van der Waals surface area contributed by atoms with E-state index in [0.29, 0.717) is 0 Å². The van der Waals surface area contributed by atoms with E-state index in [4.69, 9.17) is 9.47 Å². The van der Waals surface area contributed by atoms with Gasteiger partial charge in [0, 0.05) is 12.3 Å². The summed E-state index contributed by atoms with van der Waals surface area (Å²) in [5, 5.41) is 84.8. The standard InChI is InChI=1S/C35H44O11/c1-19(2)33(42)18-21(4)34(43)24-17-20(3)26(36)35(24,44)31(40)32(41,15-16-45-29(38)22-11-7-5-8-12-22)27(37)25(34)28(33)46-30(39)23-13-9-6-10-14-23/h5-14,20-21,24-28,31,36-37,40-44H,1,15-18H2,2-4H3/t20-,21+,24?,25?,26-,27-,28+,31+,32-,33+,34-,35+/m0/s1.